The van der Waals surface area contributed by atoms with E-state index < -0.39 is 24.5 Å². The lowest BCUT2D eigenvalue weighted by atomic mass is 9.88. The molecule has 2 heterocycles. The molecule has 1 amide bonds. The third-order valence-electron chi connectivity index (χ3n) is 5.76. The van der Waals surface area contributed by atoms with Gasteiger partial charge in [0.2, 0.25) is 0 Å². The first kappa shape index (κ1) is 24.6. The number of hydrogen-bond acceptors (Lipinski definition) is 8. The second-order valence-corrected chi connectivity index (χ2v) is 10.0. The van der Waals surface area contributed by atoms with Crippen molar-refractivity contribution in [3.63, 3.8) is 0 Å². The van der Waals surface area contributed by atoms with Gasteiger partial charge in [0, 0.05) is 10.3 Å². The maximum atomic E-state index is 12.8. The highest BCUT2D eigenvalue weighted by Gasteiger charge is 2.29. The van der Waals surface area contributed by atoms with Crippen LogP contribution in [0.15, 0.2) is 29.1 Å². The number of benzene rings is 1. The van der Waals surface area contributed by atoms with Gasteiger partial charge in [-0.05, 0) is 50.7 Å². The highest BCUT2D eigenvalue weighted by molar-refractivity contribution is 7.17. The third-order valence-corrected chi connectivity index (χ3v) is 6.93. The number of hydrogen-bond donors (Lipinski definition) is 2. The molecule has 2 N–H and O–H groups in total. The fourth-order valence-corrected chi connectivity index (χ4v) is 5.55. The molecule has 0 unspecified atom stereocenters. The molecule has 0 saturated heterocycles. The van der Waals surface area contributed by atoms with Crippen molar-refractivity contribution in [2.45, 2.75) is 52.6 Å². The van der Waals surface area contributed by atoms with E-state index in [4.69, 9.17) is 9.47 Å². The Hall–Kier alpha value is -3.53. The summed E-state index contributed by atoms with van der Waals surface area (Å²) >= 11 is 1.37. The third kappa shape index (κ3) is 5.59. The topological polar surface area (TPSA) is 127 Å². The molecule has 4 rings (SSSR count). The molecule has 9 nitrogen and oxygen atoms in total. The summed E-state index contributed by atoms with van der Waals surface area (Å²) in [5.74, 6) is -1.18. The van der Waals surface area contributed by atoms with Crippen molar-refractivity contribution in [3.8, 4) is 0 Å². The molecule has 0 aliphatic heterocycles. The second-order valence-electron chi connectivity index (χ2n) is 8.94. The van der Waals surface area contributed by atoms with E-state index in [0.29, 0.717) is 32.9 Å². The van der Waals surface area contributed by atoms with Crippen LogP contribution in [0.5, 0.6) is 0 Å². The maximum Gasteiger partial charge on any atom is 0.341 e. The Kier molecular flexibility index (Phi) is 7.30. The highest BCUT2D eigenvalue weighted by Crippen LogP contribution is 2.40. The molecule has 10 heteroatoms. The van der Waals surface area contributed by atoms with E-state index in [0.717, 1.165) is 29.7 Å². The molecule has 3 aromatic rings. The molecule has 0 spiro atoms. The first-order valence-corrected chi connectivity index (χ1v) is 12.3. The largest absolute Gasteiger partial charge is 0.459 e. The van der Waals surface area contributed by atoms with E-state index in [-0.39, 0.29) is 18.1 Å². The Morgan fingerprint density at radius 3 is 2.71 bits per heavy atom. The van der Waals surface area contributed by atoms with Crippen LogP contribution in [0, 0.1) is 5.92 Å². The molecule has 1 aliphatic carbocycles. The molecule has 35 heavy (non-hydrogen) atoms. The van der Waals surface area contributed by atoms with Crippen LogP contribution in [0.2, 0.25) is 0 Å². The lowest BCUT2D eigenvalue weighted by Gasteiger charge is -2.18. The fraction of sp³-hybridized carbons (Fsp3) is 0.400. The van der Waals surface area contributed by atoms with Gasteiger partial charge in [0.15, 0.2) is 6.61 Å². The number of anilines is 1. The standard InChI is InChI=1S/C25H27N3O6S/c1-13(2)34-25(32)22-17-9-8-14(3)10-19(17)35-24(22)26-20(29)12-33-21(30)11-18-15-6-4-5-7-16(15)23(31)28-27-18/h4-7,13-14H,8-12H2,1-3H3,(H,26,29)(H,28,31)/t14-/m0/s1. The summed E-state index contributed by atoms with van der Waals surface area (Å²) in [6.45, 7) is 5.19. The zero-order valence-corrected chi connectivity index (χ0v) is 20.6. The number of esters is 2. The van der Waals surface area contributed by atoms with E-state index in [1.54, 1.807) is 38.1 Å². The summed E-state index contributed by atoms with van der Waals surface area (Å²) in [6.07, 6.45) is 2.06. The normalized spacial score (nSPS) is 15.0. The van der Waals surface area contributed by atoms with Gasteiger partial charge in [-0.15, -0.1) is 11.3 Å². The van der Waals surface area contributed by atoms with Crippen LogP contribution in [0.25, 0.3) is 10.8 Å². The van der Waals surface area contributed by atoms with Gasteiger partial charge in [0.05, 0.1) is 29.2 Å². The molecule has 2 aromatic heterocycles. The summed E-state index contributed by atoms with van der Waals surface area (Å²) in [5.41, 5.74) is 1.33. The number of aromatic amines is 1. The Bertz CT molecular complexity index is 1340. The number of ether oxygens (including phenoxy) is 2. The summed E-state index contributed by atoms with van der Waals surface area (Å²) < 4.78 is 10.6. The highest BCUT2D eigenvalue weighted by atomic mass is 32.1. The van der Waals surface area contributed by atoms with Crippen LogP contribution in [0.3, 0.4) is 0 Å². The van der Waals surface area contributed by atoms with Gasteiger partial charge in [-0.3, -0.25) is 14.4 Å². The van der Waals surface area contributed by atoms with Gasteiger partial charge in [-0.1, -0.05) is 25.1 Å². The van der Waals surface area contributed by atoms with Gasteiger partial charge in [0.25, 0.3) is 11.5 Å². The van der Waals surface area contributed by atoms with Crippen LogP contribution < -0.4 is 10.9 Å². The summed E-state index contributed by atoms with van der Waals surface area (Å²) in [7, 11) is 0. The van der Waals surface area contributed by atoms with Crippen LogP contribution in [-0.2, 0) is 38.3 Å². The summed E-state index contributed by atoms with van der Waals surface area (Å²) in [6, 6.07) is 6.80. The number of rotatable bonds is 7. The van der Waals surface area contributed by atoms with Crippen molar-refractivity contribution in [2.75, 3.05) is 11.9 Å². The number of aromatic nitrogens is 2. The van der Waals surface area contributed by atoms with Crippen LogP contribution in [0.4, 0.5) is 5.00 Å². The van der Waals surface area contributed by atoms with Crippen molar-refractivity contribution in [1.29, 1.82) is 0 Å². The minimum Gasteiger partial charge on any atom is -0.459 e. The van der Waals surface area contributed by atoms with Crippen LogP contribution in [0.1, 0.15) is 53.7 Å². The maximum absolute atomic E-state index is 12.8. The van der Waals surface area contributed by atoms with Gasteiger partial charge >= 0.3 is 11.9 Å². The Labute approximate surface area is 205 Å². The smallest absolute Gasteiger partial charge is 0.341 e. The number of carbonyl (C=O) groups excluding carboxylic acids is 3. The van der Waals surface area contributed by atoms with Crippen molar-refractivity contribution in [2.24, 2.45) is 5.92 Å². The molecule has 1 atom stereocenters. The molecule has 0 fully saturated rings. The van der Waals surface area contributed by atoms with Crippen LogP contribution in [-0.4, -0.2) is 40.8 Å². The first-order chi connectivity index (χ1) is 16.7. The lowest BCUT2D eigenvalue weighted by Crippen LogP contribution is -2.23. The zero-order chi connectivity index (χ0) is 25.1. The Morgan fingerprint density at radius 2 is 1.97 bits per heavy atom. The van der Waals surface area contributed by atoms with Crippen molar-refractivity contribution in [1.82, 2.24) is 10.2 Å². The molecular weight excluding hydrogens is 470 g/mol. The van der Waals surface area contributed by atoms with E-state index >= 15 is 0 Å². The van der Waals surface area contributed by atoms with Crippen LogP contribution >= 0.6 is 11.3 Å². The number of H-pyrrole nitrogens is 1. The molecule has 1 aliphatic rings. The molecule has 1 aromatic carbocycles. The molecule has 0 bridgehead atoms. The SMILES string of the molecule is CC(C)OC(=O)c1c(NC(=O)COC(=O)Cc2n[nH]c(=O)c3ccccc23)sc2c1CC[C@H](C)C2. The van der Waals surface area contributed by atoms with Gasteiger partial charge < -0.3 is 14.8 Å². The fourth-order valence-electron chi connectivity index (χ4n) is 4.13. The number of amides is 1. The van der Waals surface area contributed by atoms with E-state index in [9.17, 15) is 19.2 Å². The van der Waals surface area contributed by atoms with Gasteiger partial charge in [-0.25, -0.2) is 9.89 Å². The minimum atomic E-state index is -0.663. The zero-order valence-electron chi connectivity index (χ0n) is 19.8. The number of nitrogens with one attached hydrogen (secondary N) is 2. The molecule has 184 valence electrons. The monoisotopic (exact) mass is 497 g/mol. The van der Waals surface area contributed by atoms with Gasteiger partial charge in [-0.2, -0.15) is 5.10 Å². The number of thiophene rings is 1. The number of carbonyl (C=O) groups is 3. The quantitative estimate of drug-likeness (QED) is 0.479. The second kappa shape index (κ2) is 10.4. The van der Waals surface area contributed by atoms with Crippen molar-refractivity contribution in [3.05, 3.63) is 56.3 Å². The molecular formula is C25H27N3O6S. The predicted octanol–water partition coefficient (Wildman–Crippen LogP) is 3.40. The Morgan fingerprint density at radius 1 is 1.23 bits per heavy atom. The molecule has 0 saturated carbocycles. The summed E-state index contributed by atoms with van der Waals surface area (Å²) in [5, 5.41) is 10.4. The number of nitrogens with zero attached hydrogens (tertiary/aromatic N) is 1. The van der Waals surface area contributed by atoms with Gasteiger partial charge in [0.1, 0.15) is 5.00 Å². The van der Waals surface area contributed by atoms with E-state index in [1.165, 1.54) is 11.3 Å². The average Bonchev–Trinajstić information content (AvgIpc) is 3.16. The first-order valence-electron chi connectivity index (χ1n) is 11.5. The summed E-state index contributed by atoms with van der Waals surface area (Å²) in [4.78, 5) is 50.8. The molecule has 0 radical (unpaired) electrons. The van der Waals surface area contributed by atoms with Crippen molar-refractivity contribution < 1.29 is 23.9 Å². The number of fused-ring (bicyclic) bond motifs is 2. The average molecular weight is 498 g/mol. The van der Waals surface area contributed by atoms with E-state index in [1.807, 2.05) is 0 Å². The predicted molar refractivity (Wildman–Crippen MR) is 132 cm³/mol. The lowest BCUT2D eigenvalue weighted by molar-refractivity contribution is -0.146. The minimum absolute atomic E-state index is 0.207. The Balaban J connectivity index is 1.43. The van der Waals surface area contributed by atoms with E-state index in [2.05, 4.69) is 22.4 Å². The van der Waals surface area contributed by atoms with Crippen molar-refractivity contribution >= 4 is 45.0 Å².